The van der Waals surface area contributed by atoms with Crippen LogP contribution in [-0.4, -0.2) is 0 Å². The maximum absolute atomic E-state index is 6.26. The molecule has 36 heavy (non-hydrogen) atoms. The molecule has 2 nitrogen and oxygen atoms in total. The Morgan fingerprint density at radius 3 is 1.64 bits per heavy atom. The van der Waals surface area contributed by atoms with Gasteiger partial charge < -0.3 is 8.58 Å². The lowest BCUT2D eigenvalue weighted by Crippen LogP contribution is -2.17. The van der Waals surface area contributed by atoms with Gasteiger partial charge >= 0.3 is 0 Å². The second-order valence-electron chi connectivity index (χ2n) is 11.7. The first-order chi connectivity index (χ1) is 16.9. The van der Waals surface area contributed by atoms with Gasteiger partial charge in [-0.3, -0.25) is 0 Å². The van der Waals surface area contributed by atoms with Crippen LogP contribution in [0.3, 0.4) is 0 Å². The molecule has 1 heterocycles. The fraction of sp³-hybridized carbons (Fsp3) is 0.355. The van der Waals surface area contributed by atoms with E-state index in [-0.39, 0.29) is 16.7 Å². The van der Waals surface area contributed by atoms with Gasteiger partial charge in [-0.05, 0) is 40.8 Å². The molecule has 0 unspecified atom stereocenters. The number of benzene rings is 3. The molecule has 0 bridgehead atoms. The number of halogens is 2. The van der Waals surface area contributed by atoms with Crippen LogP contribution in [0.25, 0.3) is 10.8 Å². The number of hydrogen-bond acceptors (Lipinski definition) is 3. The van der Waals surface area contributed by atoms with E-state index in [1.807, 2.05) is 0 Å². The van der Waals surface area contributed by atoms with Gasteiger partial charge in [-0.25, -0.2) is 0 Å². The van der Waals surface area contributed by atoms with Crippen LogP contribution in [0.1, 0.15) is 85.7 Å². The first kappa shape index (κ1) is 26.9. The fourth-order valence-electron chi connectivity index (χ4n) is 5.01. The van der Waals surface area contributed by atoms with Gasteiger partial charge in [0.1, 0.15) is 23.7 Å². The molecule has 4 aromatic rings. The van der Waals surface area contributed by atoms with Crippen molar-refractivity contribution in [1.82, 2.24) is 0 Å². The Morgan fingerprint density at radius 1 is 0.722 bits per heavy atom. The number of thiophene rings is 1. The van der Waals surface area contributed by atoms with Crippen molar-refractivity contribution < 1.29 is 8.58 Å². The lowest BCUT2D eigenvalue weighted by atomic mass is 9.77. The Balaban J connectivity index is 2.17. The molecule has 4 rings (SSSR count). The highest BCUT2D eigenvalue weighted by atomic mass is 35.5. The highest BCUT2D eigenvalue weighted by Gasteiger charge is 2.33. The molecular formula is C31H34Cl2O2S. The Hall–Kier alpha value is -2.20. The Labute approximate surface area is 229 Å². The third-order valence-electron chi connectivity index (χ3n) is 6.72. The van der Waals surface area contributed by atoms with Crippen molar-refractivity contribution in [2.45, 2.75) is 72.1 Å². The Bertz CT molecular complexity index is 1340. The largest absolute Gasteiger partial charge is 0.385 e. The summed E-state index contributed by atoms with van der Waals surface area (Å²) < 4.78 is 11.3. The Morgan fingerprint density at radius 2 is 1.19 bits per heavy atom. The van der Waals surface area contributed by atoms with Gasteiger partial charge in [-0.15, -0.1) is 11.3 Å². The van der Waals surface area contributed by atoms with E-state index in [4.69, 9.17) is 32.3 Å². The van der Waals surface area contributed by atoms with Gasteiger partial charge in [0.2, 0.25) is 0 Å². The molecule has 0 saturated heterocycles. The molecule has 0 aliphatic rings. The molecule has 0 aliphatic carbocycles. The van der Waals surface area contributed by atoms with E-state index in [9.17, 15) is 0 Å². The molecule has 0 spiro atoms. The standard InChI is InChI=1S/C31H34Cl2O2S/c1-18-13-22(27(34-32)24(15-18)30(3,4)5)26(29-21-12-10-9-11-20(21)17-36-29)23-14-19(2)16-25(28(23)35-33)31(6,7)8/h9-17,26H,1-8H3. The smallest absolute Gasteiger partial charge is 0.154 e. The highest BCUT2D eigenvalue weighted by molar-refractivity contribution is 7.11. The molecule has 3 aromatic carbocycles. The van der Waals surface area contributed by atoms with Crippen LogP contribution in [-0.2, 0) is 10.8 Å². The van der Waals surface area contributed by atoms with Crippen LogP contribution in [0.2, 0.25) is 0 Å². The zero-order valence-corrected chi connectivity index (χ0v) is 24.6. The van der Waals surface area contributed by atoms with Crippen LogP contribution in [0.15, 0.2) is 53.9 Å². The number of aryl methyl sites for hydroxylation is 2. The molecule has 0 fully saturated rings. The summed E-state index contributed by atoms with van der Waals surface area (Å²) in [5.74, 6) is 1.19. The molecule has 0 aliphatic heterocycles. The van der Waals surface area contributed by atoms with Crippen LogP contribution in [0.5, 0.6) is 11.5 Å². The topological polar surface area (TPSA) is 18.5 Å². The lowest BCUT2D eigenvalue weighted by Gasteiger charge is -2.30. The zero-order chi connectivity index (χ0) is 26.4. The molecule has 1 aromatic heterocycles. The molecule has 0 amide bonds. The van der Waals surface area contributed by atoms with Gasteiger partial charge in [-0.2, -0.15) is 0 Å². The van der Waals surface area contributed by atoms with Crippen LogP contribution < -0.4 is 8.58 Å². The third kappa shape index (κ3) is 4.98. The summed E-state index contributed by atoms with van der Waals surface area (Å²) in [6, 6.07) is 17.2. The van der Waals surface area contributed by atoms with Crippen molar-refractivity contribution in [3.8, 4) is 11.5 Å². The number of fused-ring (bicyclic) bond motifs is 1. The molecule has 0 saturated carbocycles. The molecule has 0 radical (unpaired) electrons. The van der Waals surface area contributed by atoms with E-state index in [0.29, 0.717) is 11.5 Å². The maximum atomic E-state index is 6.26. The van der Waals surface area contributed by atoms with Crippen LogP contribution in [0, 0.1) is 13.8 Å². The summed E-state index contributed by atoms with van der Waals surface area (Å²) in [6.45, 7) is 17.3. The van der Waals surface area contributed by atoms with Gasteiger partial charge in [0, 0.05) is 27.1 Å². The monoisotopic (exact) mass is 540 g/mol. The summed E-state index contributed by atoms with van der Waals surface area (Å²) in [5.41, 5.74) is 6.10. The second-order valence-corrected chi connectivity index (χ2v) is 13.0. The summed E-state index contributed by atoms with van der Waals surface area (Å²) in [6.07, 6.45) is 0. The third-order valence-corrected chi connectivity index (χ3v) is 8.11. The summed E-state index contributed by atoms with van der Waals surface area (Å²) >= 11 is 14.3. The number of hydrogen-bond donors (Lipinski definition) is 0. The quantitative estimate of drug-likeness (QED) is 0.250. The summed E-state index contributed by atoms with van der Waals surface area (Å²) in [4.78, 5) is 1.20. The summed E-state index contributed by atoms with van der Waals surface area (Å²) in [5, 5.41) is 4.61. The minimum Gasteiger partial charge on any atom is -0.385 e. The van der Waals surface area contributed by atoms with E-state index in [1.54, 1.807) is 11.3 Å². The first-order valence-corrected chi connectivity index (χ1v) is 13.7. The van der Waals surface area contributed by atoms with Crippen molar-refractivity contribution in [2.75, 3.05) is 0 Å². The second kappa shape index (κ2) is 9.93. The van der Waals surface area contributed by atoms with Gasteiger partial charge in [0.25, 0.3) is 0 Å². The van der Waals surface area contributed by atoms with Crippen LogP contribution in [0.4, 0.5) is 0 Å². The van der Waals surface area contributed by atoms with Gasteiger partial charge in [-0.1, -0.05) is 101 Å². The Kier molecular flexibility index (Phi) is 7.41. The minimum absolute atomic E-state index is 0.165. The van der Waals surface area contributed by atoms with Crippen molar-refractivity contribution in [3.63, 3.8) is 0 Å². The molecule has 0 N–H and O–H groups in total. The molecular weight excluding hydrogens is 507 g/mol. The zero-order valence-electron chi connectivity index (χ0n) is 22.3. The van der Waals surface area contributed by atoms with E-state index in [1.165, 1.54) is 15.6 Å². The molecule has 190 valence electrons. The normalized spacial score (nSPS) is 12.4. The van der Waals surface area contributed by atoms with Gasteiger partial charge in [0.15, 0.2) is 11.5 Å². The van der Waals surface area contributed by atoms with Crippen molar-refractivity contribution in [2.24, 2.45) is 0 Å². The van der Waals surface area contributed by atoms with E-state index in [0.717, 1.165) is 33.4 Å². The lowest BCUT2D eigenvalue weighted by molar-refractivity contribution is 0.523. The van der Waals surface area contributed by atoms with Crippen LogP contribution >= 0.6 is 35.1 Å². The number of rotatable bonds is 5. The van der Waals surface area contributed by atoms with E-state index < -0.39 is 0 Å². The SMILES string of the molecule is Cc1cc(C(c2cc(C)cc(C(C)(C)C)c2OCl)c2scc3ccccc23)c(OCl)c(C(C)(C)C)c1. The molecule has 0 atom stereocenters. The first-order valence-electron chi connectivity index (χ1n) is 12.2. The average Bonchev–Trinajstić information content (AvgIpc) is 3.21. The predicted octanol–water partition coefficient (Wildman–Crippen LogP) is 10.4. The van der Waals surface area contributed by atoms with Crippen molar-refractivity contribution >= 4 is 45.8 Å². The van der Waals surface area contributed by atoms with E-state index >= 15 is 0 Å². The summed E-state index contributed by atoms with van der Waals surface area (Å²) in [7, 11) is 0. The average molecular weight is 542 g/mol. The molecule has 5 heteroatoms. The van der Waals surface area contributed by atoms with Crippen molar-refractivity contribution in [1.29, 1.82) is 0 Å². The fourth-order valence-corrected chi connectivity index (χ4v) is 6.51. The van der Waals surface area contributed by atoms with E-state index in [2.05, 4.69) is 109 Å². The van der Waals surface area contributed by atoms with Gasteiger partial charge in [0.05, 0.1) is 5.92 Å². The minimum atomic E-state index is -0.195. The van der Waals surface area contributed by atoms with Crippen molar-refractivity contribution in [3.05, 3.63) is 92.2 Å². The maximum Gasteiger partial charge on any atom is 0.154 e. The highest BCUT2D eigenvalue weighted by Crippen LogP contribution is 2.51. The predicted molar refractivity (Wildman–Crippen MR) is 155 cm³/mol.